The molecule has 0 saturated heterocycles. The number of aliphatic imine (C=N–C) groups is 1. The largest absolute Gasteiger partial charge is 0.465 e. The van der Waals surface area contributed by atoms with Crippen LogP contribution in [0.2, 0.25) is 0 Å². The fraction of sp³-hybridized carbons (Fsp3) is 0.435. The first-order chi connectivity index (χ1) is 13.3. The minimum absolute atomic E-state index is 0.237. The zero-order valence-corrected chi connectivity index (χ0v) is 17.1. The van der Waals surface area contributed by atoms with Crippen LogP contribution in [-0.2, 0) is 19.1 Å². The lowest BCUT2D eigenvalue weighted by Crippen LogP contribution is -2.37. The highest BCUT2D eigenvalue weighted by Gasteiger charge is 2.42. The first-order valence-corrected chi connectivity index (χ1v) is 9.54. The van der Waals surface area contributed by atoms with Gasteiger partial charge in [0.25, 0.3) is 0 Å². The minimum atomic E-state index is -0.712. The summed E-state index contributed by atoms with van der Waals surface area (Å²) in [6.07, 6.45) is 6.01. The van der Waals surface area contributed by atoms with Crippen LogP contribution in [-0.4, -0.2) is 30.4 Å². The summed E-state index contributed by atoms with van der Waals surface area (Å²) >= 11 is 0. The fourth-order valence-corrected chi connectivity index (χ4v) is 3.35. The van der Waals surface area contributed by atoms with E-state index in [2.05, 4.69) is 10.9 Å². The second kappa shape index (κ2) is 9.36. The molecule has 0 saturated carbocycles. The molecule has 0 N–H and O–H groups in total. The summed E-state index contributed by atoms with van der Waals surface area (Å²) in [7, 11) is 0. The number of allylic oxidation sites excluding steroid dienone is 1. The van der Waals surface area contributed by atoms with Crippen molar-refractivity contribution in [2.75, 3.05) is 6.61 Å². The maximum Gasteiger partial charge on any atom is 0.336 e. The van der Waals surface area contributed by atoms with Crippen molar-refractivity contribution in [2.45, 2.75) is 53.1 Å². The molecule has 28 heavy (non-hydrogen) atoms. The summed E-state index contributed by atoms with van der Waals surface area (Å²) in [4.78, 5) is 30.3. The van der Waals surface area contributed by atoms with Gasteiger partial charge >= 0.3 is 11.9 Å². The molecule has 0 spiro atoms. The third-order valence-corrected chi connectivity index (χ3v) is 4.88. The van der Waals surface area contributed by atoms with Crippen LogP contribution in [0.4, 0.5) is 0 Å². The van der Waals surface area contributed by atoms with Gasteiger partial charge in [0.2, 0.25) is 0 Å². The number of carbonyl (C=O) groups is 2. The Balaban J connectivity index is 2.63. The van der Waals surface area contributed by atoms with Crippen LogP contribution in [0.3, 0.4) is 0 Å². The fourth-order valence-electron chi connectivity index (χ4n) is 3.35. The van der Waals surface area contributed by atoms with Gasteiger partial charge in [0, 0.05) is 22.9 Å². The molecule has 2 rings (SSSR count). The molecule has 0 amide bonds. The Hall–Kier alpha value is -2.87. The average molecular weight is 381 g/mol. The van der Waals surface area contributed by atoms with E-state index >= 15 is 0 Å². The number of esters is 2. The van der Waals surface area contributed by atoms with Gasteiger partial charge in [-0.3, -0.25) is 9.79 Å². The SMILES string of the molecule is C#Cc1cccc(C2C(C(=O)OC(C)CC)=C(C)N=C(C)C2C(=O)OCC)c1. The van der Waals surface area contributed by atoms with Crippen molar-refractivity contribution in [1.82, 2.24) is 0 Å². The van der Waals surface area contributed by atoms with Crippen molar-refractivity contribution in [3.63, 3.8) is 0 Å². The van der Waals surface area contributed by atoms with Crippen molar-refractivity contribution >= 4 is 17.7 Å². The van der Waals surface area contributed by atoms with Gasteiger partial charge in [0.15, 0.2) is 0 Å². The Morgan fingerprint density at radius 3 is 2.61 bits per heavy atom. The molecule has 0 aromatic heterocycles. The minimum Gasteiger partial charge on any atom is -0.465 e. The molecule has 5 nitrogen and oxygen atoms in total. The van der Waals surface area contributed by atoms with Crippen LogP contribution < -0.4 is 0 Å². The van der Waals surface area contributed by atoms with Crippen molar-refractivity contribution in [3.05, 3.63) is 46.7 Å². The van der Waals surface area contributed by atoms with Crippen LogP contribution in [0.15, 0.2) is 40.5 Å². The Bertz CT molecular complexity index is 860. The number of carbonyl (C=O) groups excluding carboxylic acids is 2. The first-order valence-electron chi connectivity index (χ1n) is 9.54. The number of nitrogens with zero attached hydrogens (tertiary/aromatic N) is 1. The molecule has 1 heterocycles. The lowest BCUT2D eigenvalue weighted by Gasteiger charge is -2.32. The smallest absolute Gasteiger partial charge is 0.336 e. The quantitative estimate of drug-likeness (QED) is 0.551. The molecule has 0 radical (unpaired) electrons. The molecule has 1 aromatic carbocycles. The van der Waals surface area contributed by atoms with E-state index in [4.69, 9.17) is 15.9 Å². The molecule has 3 unspecified atom stereocenters. The van der Waals surface area contributed by atoms with Crippen LogP contribution >= 0.6 is 0 Å². The zero-order valence-electron chi connectivity index (χ0n) is 17.1. The van der Waals surface area contributed by atoms with E-state index in [9.17, 15) is 9.59 Å². The average Bonchev–Trinajstić information content (AvgIpc) is 2.67. The van der Waals surface area contributed by atoms with Crippen LogP contribution in [0, 0.1) is 18.3 Å². The van der Waals surface area contributed by atoms with Gasteiger partial charge in [-0.2, -0.15) is 0 Å². The monoisotopic (exact) mass is 381 g/mol. The van der Waals surface area contributed by atoms with Crippen LogP contribution in [0.25, 0.3) is 0 Å². The molecule has 3 atom stereocenters. The van der Waals surface area contributed by atoms with Gasteiger partial charge < -0.3 is 9.47 Å². The van der Waals surface area contributed by atoms with E-state index in [0.717, 1.165) is 5.56 Å². The number of benzene rings is 1. The number of hydrogen-bond donors (Lipinski definition) is 0. The second-order valence-electron chi connectivity index (χ2n) is 6.85. The van der Waals surface area contributed by atoms with E-state index in [1.54, 1.807) is 26.8 Å². The van der Waals surface area contributed by atoms with Crippen molar-refractivity contribution in [2.24, 2.45) is 10.9 Å². The maximum absolute atomic E-state index is 13.0. The Kier molecular flexibility index (Phi) is 7.17. The van der Waals surface area contributed by atoms with Gasteiger partial charge in [-0.1, -0.05) is 25.0 Å². The summed E-state index contributed by atoms with van der Waals surface area (Å²) in [6.45, 7) is 9.31. The summed E-state index contributed by atoms with van der Waals surface area (Å²) in [5, 5.41) is 0. The predicted molar refractivity (Wildman–Crippen MR) is 109 cm³/mol. The van der Waals surface area contributed by atoms with Crippen molar-refractivity contribution < 1.29 is 19.1 Å². The first kappa shape index (κ1) is 21.4. The van der Waals surface area contributed by atoms with Gasteiger partial charge in [0.1, 0.15) is 5.92 Å². The maximum atomic E-state index is 13.0. The summed E-state index contributed by atoms with van der Waals surface area (Å²) in [5.41, 5.74) is 2.96. The number of hydrogen-bond acceptors (Lipinski definition) is 5. The number of ether oxygens (including phenoxy) is 2. The Labute approximate surface area is 166 Å². The molecule has 1 aliphatic heterocycles. The highest BCUT2D eigenvalue weighted by molar-refractivity contribution is 6.07. The number of terminal acetylenes is 1. The van der Waals surface area contributed by atoms with Crippen molar-refractivity contribution in [1.29, 1.82) is 0 Å². The lowest BCUT2D eigenvalue weighted by atomic mass is 9.75. The molecule has 148 valence electrons. The highest BCUT2D eigenvalue weighted by Crippen LogP contribution is 2.40. The third-order valence-electron chi connectivity index (χ3n) is 4.88. The molecule has 5 heteroatoms. The van der Waals surface area contributed by atoms with Gasteiger partial charge in [-0.05, 0) is 51.8 Å². The Morgan fingerprint density at radius 2 is 2.00 bits per heavy atom. The molecule has 0 fully saturated rings. The van der Waals surface area contributed by atoms with Crippen molar-refractivity contribution in [3.8, 4) is 12.3 Å². The van der Waals surface area contributed by atoms with E-state index in [-0.39, 0.29) is 12.7 Å². The van der Waals surface area contributed by atoms with E-state index in [1.165, 1.54) is 0 Å². The molecular weight excluding hydrogens is 354 g/mol. The molecule has 1 aromatic rings. The topological polar surface area (TPSA) is 65.0 Å². The highest BCUT2D eigenvalue weighted by atomic mass is 16.5. The van der Waals surface area contributed by atoms with E-state index in [0.29, 0.717) is 29.0 Å². The lowest BCUT2D eigenvalue weighted by molar-refractivity contribution is -0.147. The summed E-state index contributed by atoms with van der Waals surface area (Å²) in [6, 6.07) is 7.31. The number of rotatable bonds is 6. The third kappa shape index (κ3) is 4.51. The van der Waals surface area contributed by atoms with Crippen LogP contribution in [0.1, 0.15) is 58.1 Å². The summed E-state index contributed by atoms with van der Waals surface area (Å²) in [5.74, 6) is 0.445. The van der Waals surface area contributed by atoms with Gasteiger partial charge in [-0.25, -0.2) is 4.79 Å². The molecular formula is C23H27NO4. The standard InChI is InChI=1S/C23H27NO4/c1-7-14(4)28-23(26)20-16(6)24-15(5)19(22(25)27-9-3)21(20)18-12-10-11-17(8-2)13-18/h2,10-14,19,21H,7,9H2,1,3-6H3. The summed E-state index contributed by atoms with van der Waals surface area (Å²) < 4.78 is 10.9. The van der Waals surface area contributed by atoms with Gasteiger partial charge in [0.05, 0.1) is 18.3 Å². The second-order valence-corrected chi connectivity index (χ2v) is 6.85. The zero-order chi connectivity index (χ0) is 20.8. The predicted octanol–water partition coefficient (Wildman–Crippen LogP) is 4.02. The molecule has 0 bridgehead atoms. The molecule has 1 aliphatic rings. The Morgan fingerprint density at radius 1 is 1.29 bits per heavy atom. The molecule has 0 aliphatic carbocycles. The van der Waals surface area contributed by atoms with Gasteiger partial charge in [-0.15, -0.1) is 6.42 Å². The van der Waals surface area contributed by atoms with E-state index < -0.39 is 23.8 Å². The van der Waals surface area contributed by atoms with Crippen LogP contribution in [0.5, 0.6) is 0 Å². The normalized spacial score (nSPS) is 20.1. The van der Waals surface area contributed by atoms with E-state index in [1.807, 2.05) is 32.0 Å².